The summed E-state index contributed by atoms with van der Waals surface area (Å²) in [5, 5.41) is 3.59. The summed E-state index contributed by atoms with van der Waals surface area (Å²) in [5.41, 5.74) is 1.32. The van der Waals surface area contributed by atoms with E-state index < -0.39 is 10.0 Å². The van der Waals surface area contributed by atoms with Crippen LogP contribution in [-0.2, 0) is 14.8 Å². The second-order valence-electron chi connectivity index (χ2n) is 6.23. The molecule has 0 bridgehead atoms. The van der Waals surface area contributed by atoms with Crippen molar-refractivity contribution in [2.24, 2.45) is 0 Å². The van der Waals surface area contributed by atoms with Crippen LogP contribution < -0.4 is 9.62 Å². The number of rotatable bonds is 8. The SMILES string of the molecule is C[C@@H](NC(=O)CCCN(c1cc(Cl)ccc1Cl)S(C)(=O)=O)c1ccccc1. The van der Waals surface area contributed by atoms with Crippen LogP contribution in [0, 0.1) is 0 Å². The van der Waals surface area contributed by atoms with E-state index in [1.807, 2.05) is 37.3 Å². The normalized spacial score (nSPS) is 12.4. The predicted octanol–water partition coefficient (Wildman–Crippen LogP) is 4.42. The van der Waals surface area contributed by atoms with E-state index in [0.717, 1.165) is 11.8 Å². The Morgan fingerprint density at radius 2 is 1.81 bits per heavy atom. The molecule has 0 aliphatic rings. The number of carbonyl (C=O) groups is 1. The summed E-state index contributed by atoms with van der Waals surface area (Å²) in [4.78, 5) is 12.2. The smallest absolute Gasteiger partial charge is 0.232 e. The van der Waals surface area contributed by atoms with E-state index in [1.54, 1.807) is 12.1 Å². The third-order valence-corrected chi connectivity index (χ3v) is 5.75. The zero-order valence-corrected chi connectivity index (χ0v) is 17.5. The molecule has 8 heteroatoms. The van der Waals surface area contributed by atoms with Gasteiger partial charge in [0.25, 0.3) is 0 Å². The molecule has 1 N–H and O–H groups in total. The van der Waals surface area contributed by atoms with Crippen LogP contribution in [-0.4, -0.2) is 27.1 Å². The molecular formula is C19H22Cl2N2O3S. The van der Waals surface area contributed by atoms with Gasteiger partial charge in [-0.15, -0.1) is 0 Å². The molecule has 0 fully saturated rings. The van der Waals surface area contributed by atoms with E-state index in [2.05, 4.69) is 5.32 Å². The summed E-state index contributed by atoms with van der Waals surface area (Å²) >= 11 is 12.1. The molecule has 0 aliphatic carbocycles. The summed E-state index contributed by atoms with van der Waals surface area (Å²) in [7, 11) is -3.56. The first-order chi connectivity index (χ1) is 12.7. The lowest BCUT2D eigenvalue weighted by atomic mass is 10.1. The predicted molar refractivity (Wildman–Crippen MR) is 111 cm³/mol. The molecule has 2 aromatic carbocycles. The fraction of sp³-hybridized carbons (Fsp3) is 0.316. The number of carbonyl (C=O) groups excluding carboxylic acids is 1. The lowest BCUT2D eigenvalue weighted by Gasteiger charge is -2.23. The minimum atomic E-state index is -3.56. The van der Waals surface area contributed by atoms with Crippen LogP contribution in [0.5, 0.6) is 0 Å². The summed E-state index contributed by atoms with van der Waals surface area (Å²) < 4.78 is 25.5. The Balaban J connectivity index is 1.98. The molecule has 0 spiro atoms. The average molecular weight is 429 g/mol. The molecule has 27 heavy (non-hydrogen) atoms. The first-order valence-electron chi connectivity index (χ1n) is 8.45. The molecule has 2 rings (SSSR count). The van der Waals surface area contributed by atoms with Crippen molar-refractivity contribution in [3.63, 3.8) is 0 Å². The number of hydrogen-bond acceptors (Lipinski definition) is 3. The van der Waals surface area contributed by atoms with E-state index in [9.17, 15) is 13.2 Å². The molecule has 1 atom stereocenters. The van der Waals surface area contributed by atoms with Gasteiger partial charge < -0.3 is 5.32 Å². The molecule has 1 amide bonds. The molecule has 146 valence electrons. The fourth-order valence-corrected chi connectivity index (χ4v) is 4.07. The average Bonchev–Trinajstić information content (AvgIpc) is 2.61. The molecule has 5 nitrogen and oxygen atoms in total. The largest absolute Gasteiger partial charge is 0.350 e. The van der Waals surface area contributed by atoms with Gasteiger partial charge in [-0.25, -0.2) is 8.42 Å². The minimum absolute atomic E-state index is 0.118. The van der Waals surface area contributed by atoms with E-state index >= 15 is 0 Å². The highest BCUT2D eigenvalue weighted by Crippen LogP contribution is 2.30. The maximum absolute atomic E-state index is 12.2. The minimum Gasteiger partial charge on any atom is -0.350 e. The molecule has 0 saturated heterocycles. The van der Waals surface area contributed by atoms with Gasteiger partial charge in [0, 0.05) is 18.0 Å². The number of sulfonamides is 1. The zero-order chi connectivity index (χ0) is 20.0. The van der Waals surface area contributed by atoms with Crippen LogP contribution in [0.1, 0.15) is 31.4 Å². The highest BCUT2D eigenvalue weighted by molar-refractivity contribution is 7.92. The summed E-state index contributed by atoms with van der Waals surface area (Å²) in [6.07, 6.45) is 1.65. The molecule has 0 aliphatic heterocycles. The first kappa shape index (κ1) is 21.5. The topological polar surface area (TPSA) is 66.5 Å². The lowest BCUT2D eigenvalue weighted by Crippen LogP contribution is -2.32. The Morgan fingerprint density at radius 1 is 1.15 bits per heavy atom. The number of benzene rings is 2. The van der Waals surface area contributed by atoms with Crippen molar-refractivity contribution in [3.8, 4) is 0 Å². The third kappa shape index (κ3) is 6.41. The van der Waals surface area contributed by atoms with Gasteiger partial charge in [0.15, 0.2) is 0 Å². The van der Waals surface area contributed by atoms with E-state index in [-0.39, 0.29) is 29.9 Å². The van der Waals surface area contributed by atoms with Crippen molar-refractivity contribution in [1.29, 1.82) is 0 Å². The molecular weight excluding hydrogens is 407 g/mol. The van der Waals surface area contributed by atoms with Gasteiger partial charge >= 0.3 is 0 Å². The van der Waals surface area contributed by atoms with Crippen molar-refractivity contribution in [1.82, 2.24) is 5.32 Å². The number of amides is 1. The van der Waals surface area contributed by atoms with Gasteiger partial charge in [0.2, 0.25) is 15.9 Å². The second kappa shape index (κ2) is 9.44. The number of halogens is 2. The van der Waals surface area contributed by atoms with Gasteiger partial charge in [0.1, 0.15) is 0 Å². The Labute approximate surface area is 170 Å². The van der Waals surface area contributed by atoms with Crippen molar-refractivity contribution in [3.05, 3.63) is 64.1 Å². The van der Waals surface area contributed by atoms with Gasteiger partial charge in [-0.1, -0.05) is 53.5 Å². The number of hydrogen-bond donors (Lipinski definition) is 1. The summed E-state index contributed by atoms with van der Waals surface area (Å²) in [6, 6.07) is 14.1. The van der Waals surface area contributed by atoms with Gasteiger partial charge in [0.05, 0.1) is 23.0 Å². The van der Waals surface area contributed by atoms with Gasteiger partial charge in [-0.05, 0) is 37.1 Å². The Morgan fingerprint density at radius 3 is 2.44 bits per heavy atom. The van der Waals surface area contributed by atoms with Crippen LogP contribution in [0.2, 0.25) is 10.0 Å². The van der Waals surface area contributed by atoms with Crippen molar-refractivity contribution in [2.75, 3.05) is 17.1 Å². The van der Waals surface area contributed by atoms with E-state index in [4.69, 9.17) is 23.2 Å². The summed E-state index contributed by atoms with van der Waals surface area (Å²) in [5.74, 6) is -0.142. The maximum Gasteiger partial charge on any atom is 0.232 e. The van der Waals surface area contributed by atoms with Crippen LogP contribution in [0.3, 0.4) is 0 Å². The number of anilines is 1. The highest BCUT2D eigenvalue weighted by Gasteiger charge is 2.20. The van der Waals surface area contributed by atoms with Crippen LogP contribution >= 0.6 is 23.2 Å². The molecule has 0 saturated carbocycles. The quantitative estimate of drug-likeness (QED) is 0.676. The second-order valence-corrected chi connectivity index (χ2v) is 8.98. The molecule has 0 unspecified atom stereocenters. The monoisotopic (exact) mass is 428 g/mol. The Kier molecular flexibility index (Phi) is 7.53. The van der Waals surface area contributed by atoms with Crippen molar-refractivity contribution >= 4 is 44.8 Å². The van der Waals surface area contributed by atoms with Crippen LogP contribution in [0.15, 0.2) is 48.5 Å². The molecule has 2 aromatic rings. The molecule has 0 aromatic heterocycles. The van der Waals surface area contributed by atoms with Crippen molar-refractivity contribution < 1.29 is 13.2 Å². The van der Waals surface area contributed by atoms with E-state index in [1.165, 1.54) is 10.4 Å². The number of nitrogens with one attached hydrogen (secondary N) is 1. The third-order valence-electron chi connectivity index (χ3n) is 4.02. The highest BCUT2D eigenvalue weighted by atomic mass is 35.5. The van der Waals surface area contributed by atoms with Crippen LogP contribution in [0.25, 0.3) is 0 Å². The standard InChI is InChI=1S/C19H22Cl2N2O3S/c1-14(15-7-4-3-5-8-15)22-19(24)9-6-12-23(27(2,25)26)18-13-16(20)10-11-17(18)21/h3-5,7-8,10-11,13-14H,6,9,12H2,1-2H3,(H,22,24)/t14-/m1/s1. The van der Waals surface area contributed by atoms with Crippen molar-refractivity contribution in [2.45, 2.75) is 25.8 Å². The Bertz CT molecular complexity index is 889. The maximum atomic E-state index is 12.2. The number of nitrogens with zero attached hydrogens (tertiary/aromatic N) is 1. The van der Waals surface area contributed by atoms with Crippen LogP contribution in [0.4, 0.5) is 5.69 Å². The lowest BCUT2D eigenvalue weighted by molar-refractivity contribution is -0.121. The van der Waals surface area contributed by atoms with Gasteiger partial charge in [-0.3, -0.25) is 9.10 Å². The fourth-order valence-electron chi connectivity index (χ4n) is 2.66. The van der Waals surface area contributed by atoms with E-state index in [0.29, 0.717) is 17.1 Å². The Hall–Kier alpha value is -1.76. The first-order valence-corrected chi connectivity index (χ1v) is 11.1. The molecule has 0 heterocycles. The summed E-state index contributed by atoms with van der Waals surface area (Å²) in [6.45, 7) is 2.04. The molecule has 0 radical (unpaired) electrons. The zero-order valence-electron chi connectivity index (χ0n) is 15.2. The van der Waals surface area contributed by atoms with Gasteiger partial charge in [-0.2, -0.15) is 0 Å².